The summed E-state index contributed by atoms with van der Waals surface area (Å²) < 4.78 is 0. The Hall–Kier alpha value is -3.05. The number of aldehydes is 1. The third-order valence-electron chi connectivity index (χ3n) is 4.26. The number of rotatable bonds is 11. The van der Waals surface area contributed by atoms with Crippen molar-refractivity contribution < 1.29 is 19.3 Å². The van der Waals surface area contributed by atoms with Gasteiger partial charge in [0.1, 0.15) is 6.29 Å². The molecule has 1 rings (SSSR count). The lowest BCUT2D eigenvalue weighted by Crippen LogP contribution is -2.52. The van der Waals surface area contributed by atoms with Crippen molar-refractivity contribution in [3.63, 3.8) is 0 Å². The molecule has 172 valence electrons. The number of nitro benzene ring substituents is 1. The molecule has 12 heteroatoms. The molecule has 6 N–H and O–H groups in total. The van der Waals surface area contributed by atoms with Crippen LogP contribution in [0.4, 0.5) is 5.69 Å². The predicted molar refractivity (Wildman–Crippen MR) is 119 cm³/mol. The number of amides is 2. The van der Waals surface area contributed by atoms with Gasteiger partial charge >= 0.3 is 0 Å². The van der Waals surface area contributed by atoms with Gasteiger partial charge in [-0.3, -0.25) is 29.6 Å². The van der Waals surface area contributed by atoms with Crippen LogP contribution in [0.5, 0.6) is 0 Å². The Morgan fingerprint density at radius 3 is 2.26 bits per heavy atom. The van der Waals surface area contributed by atoms with E-state index in [-0.39, 0.29) is 48.5 Å². The molecule has 0 radical (unpaired) electrons. The van der Waals surface area contributed by atoms with Crippen LogP contribution >= 0.6 is 12.4 Å². The van der Waals surface area contributed by atoms with Crippen molar-refractivity contribution in [2.24, 2.45) is 28.1 Å². The molecule has 0 aliphatic heterocycles. The van der Waals surface area contributed by atoms with Crippen LogP contribution in [-0.2, 0) is 9.59 Å². The molecule has 0 heterocycles. The maximum absolute atomic E-state index is 13.1. The van der Waals surface area contributed by atoms with Crippen LogP contribution in [-0.4, -0.2) is 52.5 Å². The van der Waals surface area contributed by atoms with E-state index < -0.39 is 28.8 Å². The number of carbonyl (C=O) groups is 3. The predicted octanol–water partition coefficient (Wildman–Crippen LogP) is 0.980. The van der Waals surface area contributed by atoms with Crippen molar-refractivity contribution >= 4 is 42.2 Å². The van der Waals surface area contributed by atoms with Gasteiger partial charge in [0.2, 0.25) is 5.91 Å². The van der Waals surface area contributed by atoms with Crippen LogP contribution in [0.15, 0.2) is 29.3 Å². The second kappa shape index (κ2) is 13.3. The number of guanidine groups is 1. The average Bonchev–Trinajstić information content (AvgIpc) is 2.68. The van der Waals surface area contributed by atoms with Crippen LogP contribution < -0.4 is 17.2 Å². The maximum Gasteiger partial charge on any atom is 0.269 e. The van der Waals surface area contributed by atoms with Crippen LogP contribution in [0.2, 0.25) is 0 Å². The van der Waals surface area contributed by atoms with E-state index in [0.29, 0.717) is 19.1 Å². The van der Waals surface area contributed by atoms with Crippen molar-refractivity contribution in [2.45, 2.75) is 45.2 Å². The molecule has 0 aromatic heterocycles. The maximum atomic E-state index is 13.1. The number of aliphatic imine (C=N–C) groups is 1. The normalized spacial score (nSPS) is 12.3. The third kappa shape index (κ3) is 8.69. The van der Waals surface area contributed by atoms with E-state index in [1.807, 2.05) is 13.8 Å². The lowest BCUT2D eigenvalue weighted by Gasteiger charge is -2.29. The van der Waals surface area contributed by atoms with E-state index in [1.165, 1.54) is 12.1 Å². The van der Waals surface area contributed by atoms with E-state index in [2.05, 4.69) is 4.99 Å². The largest absolute Gasteiger partial charge is 0.370 e. The highest BCUT2D eigenvalue weighted by Gasteiger charge is 2.33. The Kier molecular flexibility index (Phi) is 12.0. The standard InChI is InChI=1S/C19H28N6O5.ClH/c1-12(2)10-16(20)18(28)24(15(11-26)4-3-9-23-19(21)22)17(27)13-5-7-14(8-6-13)25(29)30;/h5-8,11-12,15-16H,3-4,9-10,20H2,1-2H3,(H4,21,22,23);1H/t15-,16-;/m0./s1. The topological polar surface area (TPSA) is 188 Å². The zero-order valence-corrected chi connectivity index (χ0v) is 18.3. The van der Waals surface area contributed by atoms with Crippen molar-refractivity contribution in [1.29, 1.82) is 0 Å². The number of nitro groups is 1. The molecule has 31 heavy (non-hydrogen) atoms. The highest BCUT2D eigenvalue weighted by molar-refractivity contribution is 6.07. The first-order chi connectivity index (χ1) is 14.1. The summed E-state index contributed by atoms with van der Waals surface area (Å²) in [5.41, 5.74) is 16.3. The minimum atomic E-state index is -1.08. The second-order valence-electron chi connectivity index (χ2n) is 7.21. The van der Waals surface area contributed by atoms with Gasteiger partial charge in [-0.05, 0) is 37.3 Å². The summed E-state index contributed by atoms with van der Waals surface area (Å²) in [6, 6.07) is 2.71. The lowest BCUT2D eigenvalue weighted by atomic mass is 10.0. The molecule has 0 unspecified atom stereocenters. The molecule has 0 saturated heterocycles. The Bertz CT molecular complexity index is 795. The van der Waals surface area contributed by atoms with Gasteiger partial charge in [-0.25, -0.2) is 0 Å². The summed E-state index contributed by atoms with van der Waals surface area (Å²) in [5.74, 6) is -1.46. The minimum absolute atomic E-state index is 0. The fourth-order valence-corrected chi connectivity index (χ4v) is 2.83. The first-order valence-electron chi connectivity index (χ1n) is 9.46. The van der Waals surface area contributed by atoms with Gasteiger partial charge < -0.3 is 22.0 Å². The number of nitrogens with zero attached hydrogens (tertiary/aromatic N) is 3. The van der Waals surface area contributed by atoms with E-state index in [0.717, 1.165) is 17.0 Å². The summed E-state index contributed by atoms with van der Waals surface area (Å²) in [4.78, 5) is 52.6. The molecule has 1 aromatic carbocycles. The summed E-state index contributed by atoms with van der Waals surface area (Å²) in [6.45, 7) is 3.97. The molecule has 0 saturated carbocycles. The number of hydrogen-bond acceptors (Lipinski definition) is 7. The molecule has 11 nitrogen and oxygen atoms in total. The SMILES string of the molecule is CC(C)C[C@H](N)C(=O)N(C(=O)c1ccc([N+](=O)[O-])cc1)[C@H](C=O)CCCN=C(N)N.Cl. The molecular formula is C19H29ClN6O5. The Balaban J connectivity index is 0.00000900. The third-order valence-corrected chi connectivity index (χ3v) is 4.26. The summed E-state index contributed by atoms with van der Waals surface area (Å²) >= 11 is 0. The number of carbonyl (C=O) groups excluding carboxylic acids is 3. The molecule has 0 spiro atoms. The van der Waals surface area contributed by atoms with Gasteiger partial charge in [-0.1, -0.05) is 13.8 Å². The molecule has 0 aliphatic rings. The fourth-order valence-electron chi connectivity index (χ4n) is 2.83. The first kappa shape index (κ1) is 27.9. The van der Waals surface area contributed by atoms with Crippen LogP contribution in [0, 0.1) is 16.0 Å². The molecule has 0 fully saturated rings. The quantitative estimate of drug-likeness (QED) is 0.110. The van der Waals surface area contributed by atoms with Crippen LogP contribution in [0.3, 0.4) is 0 Å². The van der Waals surface area contributed by atoms with Gasteiger partial charge in [0.25, 0.3) is 11.6 Å². The summed E-state index contributed by atoms with van der Waals surface area (Å²) in [5, 5.41) is 10.8. The lowest BCUT2D eigenvalue weighted by molar-refractivity contribution is -0.384. The van der Waals surface area contributed by atoms with E-state index in [4.69, 9.17) is 17.2 Å². The molecule has 0 bridgehead atoms. The minimum Gasteiger partial charge on any atom is -0.370 e. The van der Waals surface area contributed by atoms with Gasteiger partial charge in [-0.2, -0.15) is 0 Å². The zero-order valence-electron chi connectivity index (χ0n) is 17.5. The first-order valence-corrected chi connectivity index (χ1v) is 9.46. The Morgan fingerprint density at radius 1 is 1.23 bits per heavy atom. The monoisotopic (exact) mass is 456 g/mol. The van der Waals surface area contributed by atoms with Crippen LogP contribution in [0.1, 0.15) is 43.5 Å². The van der Waals surface area contributed by atoms with Gasteiger partial charge in [0.15, 0.2) is 5.96 Å². The number of nitrogens with two attached hydrogens (primary N) is 3. The molecule has 1 aromatic rings. The highest BCUT2D eigenvalue weighted by atomic mass is 35.5. The molecule has 0 aliphatic carbocycles. The molecular weight excluding hydrogens is 428 g/mol. The number of halogens is 1. The van der Waals surface area contributed by atoms with Crippen molar-refractivity contribution in [3.8, 4) is 0 Å². The number of imide groups is 1. The van der Waals surface area contributed by atoms with Crippen molar-refractivity contribution in [3.05, 3.63) is 39.9 Å². The number of non-ortho nitro benzene ring substituents is 1. The number of hydrogen-bond donors (Lipinski definition) is 3. The molecule has 2 amide bonds. The highest BCUT2D eigenvalue weighted by Crippen LogP contribution is 2.18. The van der Waals surface area contributed by atoms with Gasteiger partial charge in [0.05, 0.1) is 17.0 Å². The van der Waals surface area contributed by atoms with Gasteiger partial charge in [-0.15, -0.1) is 12.4 Å². The van der Waals surface area contributed by atoms with Crippen molar-refractivity contribution in [2.75, 3.05) is 6.54 Å². The average molecular weight is 457 g/mol. The van der Waals surface area contributed by atoms with Crippen LogP contribution in [0.25, 0.3) is 0 Å². The summed E-state index contributed by atoms with van der Waals surface area (Å²) in [7, 11) is 0. The smallest absolute Gasteiger partial charge is 0.269 e. The van der Waals surface area contributed by atoms with Gasteiger partial charge in [0, 0.05) is 24.2 Å². The Morgan fingerprint density at radius 2 is 1.81 bits per heavy atom. The van der Waals surface area contributed by atoms with E-state index >= 15 is 0 Å². The second-order valence-corrected chi connectivity index (χ2v) is 7.21. The van der Waals surface area contributed by atoms with E-state index in [1.54, 1.807) is 0 Å². The van der Waals surface area contributed by atoms with Crippen molar-refractivity contribution in [1.82, 2.24) is 4.90 Å². The Labute approximate surface area is 186 Å². The van der Waals surface area contributed by atoms with E-state index in [9.17, 15) is 24.5 Å². The number of benzene rings is 1. The fraction of sp³-hybridized carbons (Fsp3) is 0.474. The summed E-state index contributed by atoms with van der Waals surface area (Å²) in [6.07, 6.45) is 1.30. The zero-order chi connectivity index (χ0) is 22.8. The molecule has 2 atom stereocenters.